The molecule has 0 aliphatic carbocycles. The molecule has 102 valence electrons. The van der Waals surface area contributed by atoms with Crippen LogP contribution < -0.4 is 10.7 Å². The lowest BCUT2D eigenvalue weighted by Gasteiger charge is -2.20. The molecule has 2 aliphatic rings. The van der Waals surface area contributed by atoms with Crippen molar-refractivity contribution in [3.8, 4) is 0 Å². The molecule has 3 heteroatoms. The molecule has 0 unspecified atom stereocenters. The second kappa shape index (κ2) is 7.77. The summed E-state index contributed by atoms with van der Waals surface area (Å²) in [6, 6.07) is 10.4. The van der Waals surface area contributed by atoms with E-state index in [0.717, 1.165) is 19.6 Å². The van der Waals surface area contributed by atoms with Crippen LogP contribution >= 0.6 is 0 Å². The number of nitrogens with zero attached hydrogens (tertiary/aromatic N) is 2. The molecule has 0 bridgehead atoms. The molecule has 2 aliphatic heterocycles. The predicted octanol–water partition coefficient (Wildman–Crippen LogP) is 2.92. The molecule has 2 heterocycles. The first-order chi connectivity index (χ1) is 9.36. The average Bonchev–Trinajstić information content (AvgIpc) is 2.51. The van der Waals surface area contributed by atoms with E-state index in [0.29, 0.717) is 0 Å². The van der Waals surface area contributed by atoms with Gasteiger partial charge >= 0.3 is 0 Å². The number of piperidine rings is 1. The van der Waals surface area contributed by atoms with Crippen molar-refractivity contribution in [3.63, 3.8) is 0 Å². The Morgan fingerprint density at radius 2 is 1.63 bits per heavy atom. The minimum Gasteiger partial charge on any atom is -0.344 e. The highest BCUT2D eigenvalue weighted by molar-refractivity contribution is 5.50. The monoisotopic (exact) mass is 257 g/mol. The summed E-state index contributed by atoms with van der Waals surface area (Å²) in [7, 11) is 0. The van der Waals surface area contributed by atoms with E-state index in [1.54, 1.807) is 0 Å². The lowest BCUT2D eigenvalue weighted by atomic mass is 10.2. The molecule has 3 rings (SSSR count). The van der Waals surface area contributed by atoms with Gasteiger partial charge in [-0.25, -0.2) is 5.01 Å². The Kier molecular flexibility index (Phi) is 5.66. The van der Waals surface area contributed by atoms with Crippen molar-refractivity contribution >= 4 is 5.69 Å². The highest BCUT2D eigenvalue weighted by Crippen LogP contribution is 2.14. The molecule has 0 radical (unpaired) electrons. The Hall–Kier alpha value is -1.58. The lowest BCUT2D eigenvalue weighted by Crippen LogP contribution is -2.35. The maximum Gasteiger partial charge on any atom is 0.0409 e. The maximum absolute atomic E-state index is 5.47. The van der Waals surface area contributed by atoms with Gasteiger partial charge in [-0.05, 0) is 31.1 Å². The molecule has 1 aromatic carbocycles. The van der Waals surface area contributed by atoms with Crippen LogP contribution in [0.3, 0.4) is 0 Å². The normalized spacial score (nSPS) is 18.9. The number of nitrogens with two attached hydrogens (primary N) is 1. The quantitative estimate of drug-likeness (QED) is 0.785. The fraction of sp³-hybridized carbons (Fsp3) is 0.375. The molecular formula is C16H23N3. The van der Waals surface area contributed by atoms with E-state index >= 15 is 0 Å². The van der Waals surface area contributed by atoms with Crippen molar-refractivity contribution < 1.29 is 0 Å². The largest absolute Gasteiger partial charge is 0.344 e. The Balaban J connectivity index is 0.000000163. The van der Waals surface area contributed by atoms with Crippen LogP contribution in [0.5, 0.6) is 0 Å². The lowest BCUT2D eigenvalue weighted by molar-refractivity contribution is 0.235. The van der Waals surface area contributed by atoms with E-state index in [9.17, 15) is 0 Å². The van der Waals surface area contributed by atoms with Gasteiger partial charge in [-0.2, -0.15) is 0 Å². The molecule has 1 fully saturated rings. The number of hydrogen-bond acceptors (Lipinski definition) is 3. The number of benzene rings is 1. The van der Waals surface area contributed by atoms with E-state index < -0.39 is 0 Å². The Bertz CT molecular complexity index is 405. The van der Waals surface area contributed by atoms with Crippen molar-refractivity contribution in [2.24, 2.45) is 5.84 Å². The third-order valence-electron chi connectivity index (χ3n) is 3.29. The number of hydrogen-bond donors (Lipinski definition) is 1. The van der Waals surface area contributed by atoms with Gasteiger partial charge in [0.25, 0.3) is 0 Å². The third-order valence-corrected chi connectivity index (χ3v) is 3.29. The van der Waals surface area contributed by atoms with E-state index in [1.807, 2.05) is 11.1 Å². The molecule has 0 spiro atoms. The zero-order valence-electron chi connectivity index (χ0n) is 11.4. The van der Waals surface area contributed by atoms with Gasteiger partial charge in [0.2, 0.25) is 0 Å². The van der Waals surface area contributed by atoms with Gasteiger partial charge in [0.05, 0.1) is 0 Å². The molecular weight excluding hydrogens is 234 g/mol. The first kappa shape index (κ1) is 13.8. The first-order valence-electron chi connectivity index (χ1n) is 7.01. The van der Waals surface area contributed by atoms with Gasteiger partial charge in [-0.3, -0.25) is 5.84 Å². The van der Waals surface area contributed by atoms with E-state index in [4.69, 9.17) is 5.84 Å². The van der Waals surface area contributed by atoms with Crippen LogP contribution in [-0.2, 0) is 0 Å². The number of anilines is 1. The molecule has 0 atom stereocenters. The second-order valence-electron chi connectivity index (χ2n) is 4.85. The standard InChI is InChI=1S/C11H11N.C5H12N2/c1-3-7-11(8-4-1)12-9-5-2-6-10-12;6-7-4-2-1-3-5-7/h1-9H,10H2;1-6H2. The van der Waals surface area contributed by atoms with Crippen molar-refractivity contribution in [3.05, 3.63) is 54.8 Å². The van der Waals surface area contributed by atoms with Gasteiger partial charge in [0.15, 0.2) is 0 Å². The third kappa shape index (κ3) is 4.89. The first-order valence-corrected chi connectivity index (χ1v) is 7.01. The van der Waals surface area contributed by atoms with Gasteiger partial charge in [0, 0.05) is 31.5 Å². The van der Waals surface area contributed by atoms with Crippen LogP contribution in [0.15, 0.2) is 54.8 Å². The fourth-order valence-corrected chi connectivity index (χ4v) is 2.20. The fourth-order valence-electron chi connectivity index (χ4n) is 2.20. The summed E-state index contributed by atoms with van der Waals surface area (Å²) in [5.41, 5.74) is 1.25. The Morgan fingerprint density at radius 3 is 2.16 bits per heavy atom. The van der Waals surface area contributed by atoms with Crippen LogP contribution in [0.4, 0.5) is 5.69 Å². The number of allylic oxidation sites excluding steroid dienone is 2. The van der Waals surface area contributed by atoms with Crippen molar-refractivity contribution in [1.82, 2.24) is 5.01 Å². The van der Waals surface area contributed by atoms with E-state index in [1.165, 1.54) is 24.9 Å². The van der Waals surface area contributed by atoms with Crippen LogP contribution in [0.25, 0.3) is 0 Å². The Morgan fingerprint density at radius 1 is 0.895 bits per heavy atom. The highest BCUT2D eigenvalue weighted by atomic mass is 15.4. The van der Waals surface area contributed by atoms with Crippen LogP contribution in [-0.4, -0.2) is 24.6 Å². The smallest absolute Gasteiger partial charge is 0.0409 e. The molecule has 0 amide bonds. The molecule has 3 nitrogen and oxygen atoms in total. The molecule has 0 saturated carbocycles. The van der Waals surface area contributed by atoms with Crippen LogP contribution in [0, 0.1) is 0 Å². The predicted molar refractivity (Wildman–Crippen MR) is 81.7 cm³/mol. The average molecular weight is 257 g/mol. The Labute approximate surface area is 116 Å². The molecule has 1 saturated heterocycles. The molecule has 2 N–H and O–H groups in total. The van der Waals surface area contributed by atoms with Crippen molar-refractivity contribution in [2.75, 3.05) is 24.5 Å². The van der Waals surface area contributed by atoms with E-state index in [2.05, 4.69) is 53.6 Å². The SMILES string of the molecule is C1=CCN(c2ccccc2)C=C1.NN1CCCCC1. The van der Waals surface area contributed by atoms with Gasteiger partial charge < -0.3 is 4.90 Å². The summed E-state index contributed by atoms with van der Waals surface area (Å²) >= 11 is 0. The summed E-state index contributed by atoms with van der Waals surface area (Å²) in [6.07, 6.45) is 12.3. The summed E-state index contributed by atoms with van der Waals surface area (Å²) in [4.78, 5) is 2.21. The minimum atomic E-state index is 0.973. The molecule has 19 heavy (non-hydrogen) atoms. The van der Waals surface area contributed by atoms with Gasteiger partial charge in [-0.15, -0.1) is 0 Å². The zero-order valence-corrected chi connectivity index (χ0v) is 11.4. The molecule has 0 aromatic heterocycles. The molecule has 1 aromatic rings. The topological polar surface area (TPSA) is 32.5 Å². The van der Waals surface area contributed by atoms with E-state index in [-0.39, 0.29) is 0 Å². The second-order valence-corrected chi connectivity index (χ2v) is 4.85. The van der Waals surface area contributed by atoms with Crippen molar-refractivity contribution in [2.45, 2.75) is 19.3 Å². The number of rotatable bonds is 1. The summed E-state index contributed by atoms with van der Waals surface area (Å²) in [5.74, 6) is 5.47. The number of para-hydroxylation sites is 1. The maximum atomic E-state index is 5.47. The summed E-state index contributed by atoms with van der Waals surface area (Å²) in [5, 5.41) is 1.89. The van der Waals surface area contributed by atoms with Gasteiger partial charge in [0.1, 0.15) is 0 Å². The zero-order chi connectivity index (χ0) is 13.3. The van der Waals surface area contributed by atoms with Gasteiger partial charge in [-0.1, -0.05) is 36.8 Å². The number of hydrazine groups is 1. The van der Waals surface area contributed by atoms with Crippen molar-refractivity contribution in [1.29, 1.82) is 0 Å². The minimum absolute atomic E-state index is 0.973. The highest BCUT2D eigenvalue weighted by Gasteiger charge is 2.03. The summed E-state index contributed by atoms with van der Waals surface area (Å²) in [6.45, 7) is 3.17. The van der Waals surface area contributed by atoms with Crippen LogP contribution in [0.2, 0.25) is 0 Å². The summed E-state index contributed by atoms with van der Waals surface area (Å²) < 4.78 is 0. The van der Waals surface area contributed by atoms with Crippen LogP contribution in [0.1, 0.15) is 19.3 Å².